The summed E-state index contributed by atoms with van der Waals surface area (Å²) in [6, 6.07) is 40.0. The van der Waals surface area contributed by atoms with Crippen molar-refractivity contribution < 1.29 is 41.0 Å². The number of ether oxygens (including phenoxy) is 2. The molecule has 0 saturated carbocycles. The number of nitrogens with zero attached hydrogens (tertiary/aromatic N) is 2. The van der Waals surface area contributed by atoms with Gasteiger partial charge in [-0.3, -0.25) is 14.3 Å². The van der Waals surface area contributed by atoms with Crippen LogP contribution in [0.5, 0.6) is 17.2 Å². The van der Waals surface area contributed by atoms with Crippen LogP contribution in [-0.2, 0) is 31.2 Å². The predicted octanol–water partition coefficient (Wildman–Crippen LogP) is 5.44. The molecule has 0 unspecified atom stereocenters. The number of phenolic OH excluding ortho intramolecular Hbond substituents is 1. The van der Waals surface area contributed by atoms with Crippen LogP contribution in [0.1, 0.15) is 57.5 Å². The van der Waals surface area contributed by atoms with Crippen molar-refractivity contribution in [2.45, 2.75) is 36.5 Å². The van der Waals surface area contributed by atoms with E-state index in [1.54, 1.807) is 48.5 Å². The predicted molar refractivity (Wildman–Crippen MR) is 247 cm³/mol. The van der Waals surface area contributed by atoms with Gasteiger partial charge >= 0.3 is 10.2 Å². The largest absolute Gasteiger partial charge is 0.508 e. The van der Waals surface area contributed by atoms with Gasteiger partial charge in [0.1, 0.15) is 17.2 Å². The summed E-state index contributed by atoms with van der Waals surface area (Å²) in [5.74, 6) is 0.561. The van der Waals surface area contributed by atoms with Gasteiger partial charge < -0.3 is 25.2 Å². The van der Waals surface area contributed by atoms with E-state index < -0.39 is 25.8 Å². The lowest BCUT2D eigenvalue weighted by Gasteiger charge is -2.41. The number of carbonyl (C=O) groups is 2. The van der Waals surface area contributed by atoms with Crippen LogP contribution in [0.15, 0.2) is 133 Å². The highest BCUT2D eigenvalue weighted by molar-refractivity contribution is 7.90. The average Bonchev–Trinajstić information content (AvgIpc) is 3.33. The third-order valence-corrected chi connectivity index (χ3v) is 15.1. The van der Waals surface area contributed by atoms with Crippen molar-refractivity contribution in [3.05, 3.63) is 156 Å². The highest BCUT2D eigenvalue weighted by Gasteiger charge is 2.41. The van der Waals surface area contributed by atoms with E-state index in [9.17, 15) is 31.5 Å². The zero-order chi connectivity index (χ0) is 45.8. The van der Waals surface area contributed by atoms with Crippen LogP contribution in [0.3, 0.4) is 0 Å². The van der Waals surface area contributed by atoms with Crippen molar-refractivity contribution in [1.82, 2.24) is 24.0 Å². The van der Waals surface area contributed by atoms with Gasteiger partial charge in [0.2, 0.25) is 0 Å². The van der Waals surface area contributed by atoms with Crippen molar-refractivity contribution >= 4 is 37.9 Å². The maximum Gasteiger partial charge on any atom is 0.301 e. The first-order valence-electron chi connectivity index (χ1n) is 20.9. The van der Waals surface area contributed by atoms with Gasteiger partial charge in [-0.1, -0.05) is 91.0 Å². The molecule has 5 aromatic rings. The van der Waals surface area contributed by atoms with Crippen LogP contribution in [0.25, 0.3) is 0 Å². The number of anilines is 1. The molecule has 0 aliphatic carbocycles. The standard InChI is InChI=1S/C26H29N3O5S.C21H27N3O4S/c1-34-24-13-6-5-12-23(24)25(31)27-19-26(20-8-3-2-4-9-20)14-16-29(17-15-26)35(32,33)28-21-10-7-11-22(30)18-21;1-22-29(26,27)24-14-12-21(13-15-24,17-8-4-3-5-9-17)16-23-20(25)18-10-6-7-11-19(18)28-2/h2-13,18,28,30H,14-17,19H2,1H3,(H,27,31);3-11,22H,12-16H2,1-2H3,(H,23,25). The van der Waals surface area contributed by atoms with E-state index in [-0.39, 0.29) is 36.1 Å². The molecule has 0 bridgehead atoms. The fourth-order valence-corrected chi connectivity index (χ4v) is 10.4. The number of methoxy groups -OCH3 is 2. The molecular formula is C47H56N6O9S2. The molecule has 17 heteroatoms. The Morgan fingerprint density at radius 3 is 1.39 bits per heavy atom. The molecule has 2 saturated heterocycles. The Kier molecular flexibility index (Phi) is 15.7. The summed E-state index contributed by atoms with van der Waals surface area (Å²) in [5.41, 5.74) is 2.63. The number of hydrogen-bond acceptors (Lipinski definition) is 9. The third-order valence-electron chi connectivity index (χ3n) is 12.0. The molecule has 0 atom stereocenters. The molecule has 5 N–H and O–H groups in total. The second kappa shape index (κ2) is 21.1. The number of phenols is 1. The van der Waals surface area contributed by atoms with Crippen molar-refractivity contribution in [3.8, 4) is 17.2 Å². The van der Waals surface area contributed by atoms with E-state index in [0.717, 1.165) is 11.1 Å². The molecule has 64 heavy (non-hydrogen) atoms. The first kappa shape index (κ1) is 47.5. The monoisotopic (exact) mass is 912 g/mol. The third kappa shape index (κ3) is 11.4. The van der Waals surface area contributed by atoms with E-state index in [0.29, 0.717) is 80.2 Å². The molecule has 340 valence electrons. The molecular weight excluding hydrogens is 857 g/mol. The lowest BCUT2D eigenvalue weighted by Crippen LogP contribution is -2.52. The Morgan fingerprint density at radius 1 is 0.578 bits per heavy atom. The number of aromatic hydroxyl groups is 1. The van der Waals surface area contributed by atoms with Crippen LogP contribution in [0.2, 0.25) is 0 Å². The van der Waals surface area contributed by atoms with Gasteiger partial charge in [0.25, 0.3) is 22.0 Å². The number of amides is 2. The Bertz CT molecular complexity index is 2570. The minimum absolute atomic E-state index is 0.0160. The number of para-hydroxylation sites is 2. The number of piperidine rings is 2. The van der Waals surface area contributed by atoms with Crippen LogP contribution < -0.4 is 29.6 Å². The van der Waals surface area contributed by atoms with E-state index in [1.807, 2.05) is 72.8 Å². The Hall–Kier alpha value is -5.98. The number of carbonyl (C=O) groups excluding carboxylic acids is 2. The SMILES string of the molecule is CNS(=O)(=O)N1CCC(CNC(=O)c2ccccc2OC)(c2ccccc2)CC1.COc1ccccc1C(=O)NCC1(c2ccccc2)CCN(S(=O)(=O)Nc2cccc(O)c2)CC1. The van der Waals surface area contributed by atoms with Gasteiger partial charge in [-0.05, 0) is 73.2 Å². The van der Waals surface area contributed by atoms with Crippen LogP contribution >= 0.6 is 0 Å². The van der Waals surface area contributed by atoms with Gasteiger partial charge in [-0.15, -0.1) is 0 Å². The average molecular weight is 913 g/mol. The smallest absolute Gasteiger partial charge is 0.301 e. The molecule has 5 aromatic carbocycles. The summed E-state index contributed by atoms with van der Waals surface area (Å²) in [6.45, 7) is 2.13. The van der Waals surface area contributed by atoms with E-state index in [4.69, 9.17) is 9.47 Å². The maximum atomic E-state index is 13.0. The molecule has 0 aromatic heterocycles. The van der Waals surface area contributed by atoms with Gasteiger partial charge in [0, 0.05) is 63.2 Å². The molecule has 7 rings (SSSR count). The minimum atomic E-state index is -3.80. The minimum Gasteiger partial charge on any atom is -0.508 e. The number of nitrogens with one attached hydrogen (secondary N) is 4. The van der Waals surface area contributed by atoms with Gasteiger partial charge in [-0.25, -0.2) is 4.72 Å². The zero-order valence-corrected chi connectivity index (χ0v) is 37.8. The van der Waals surface area contributed by atoms with Gasteiger partial charge in [-0.2, -0.15) is 25.4 Å². The summed E-state index contributed by atoms with van der Waals surface area (Å²) in [7, 11) is -2.78. The van der Waals surface area contributed by atoms with E-state index >= 15 is 0 Å². The molecule has 2 amide bonds. The van der Waals surface area contributed by atoms with Crippen molar-refractivity contribution in [3.63, 3.8) is 0 Å². The topological polar surface area (TPSA) is 196 Å². The molecule has 2 aliphatic rings. The highest BCUT2D eigenvalue weighted by Crippen LogP contribution is 2.38. The van der Waals surface area contributed by atoms with Crippen LogP contribution in [-0.4, -0.2) is 103 Å². The summed E-state index contributed by atoms with van der Waals surface area (Å²) in [6.07, 6.45) is 2.29. The first-order chi connectivity index (χ1) is 30.7. The molecule has 2 aliphatic heterocycles. The number of hydrogen-bond donors (Lipinski definition) is 5. The second-order valence-corrected chi connectivity index (χ2v) is 19.3. The van der Waals surface area contributed by atoms with Crippen LogP contribution in [0.4, 0.5) is 5.69 Å². The van der Waals surface area contributed by atoms with E-state index in [2.05, 4.69) is 20.1 Å². The molecule has 0 radical (unpaired) electrons. The number of rotatable bonds is 15. The van der Waals surface area contributed by atoms with Crippen molar-refractivity contribution in [2.75, 3.05) is 65.3 Å². The van der Waals surface area contributed by atoms with Gasteiger partial charge in [0.05, 0.1) is 31.0 Å². The van der Waals surface area contributed by atoms with Gasteiger partial charge in [0.15, 0.2) is 0 Å². The zero-order valence-electron chi connectivity index (χ0n) is 36.2. The Labute approximate surface area is 376 Å². The molecule has 15 nitrogen and oxygen atoms in total. The summed E-state index contributed by atoms with van der Waals surface area (Å²) < 4.78 is 68.7. The Balaban J connectivity index is 0.000000216. The maximum absolute atomic E-state index is 13.0. The Morgan fingerprint density at radius 2 is 0.984 bits per heavy atom. The quantitative estimate of drug-likeness (QED) is 0.0909. The molecule has 0 spiro atoms. The van der Waals surface area contributed by atoms with Crippen molar-refractivity contribution in [1.29, 1.82) is 0 Å². The lowest BCUT2D eigenvalue weighted by atomic mass is 9.73. The fraction of sp³-hybridized carbons (Fsp3) is 0.319. The fourth-order valence-electron chi connectivity index (χ4n) is 8.29. The van der Waals surface area contributed by atoms with E-state index in [1.165, 1.54) is 42.0 Å². The normalized spacial score (nSPS) is 16.3. The summed E-state index contributed by atoms with van der Waals surface area (Å²) in [4.78, 5) is 25.8. The molecule has 2 fully saturated rings. The summed E-state index contributed by atoms with van der Waals surface area (Å²) in [5, 5.41) is 15.7. The first-order valence-corrected chi connectivity index (χ1v) is 23.8. The van der Waals surface area contributed by atoms with Crippen LogP contribution in [0, 0.1) is 0 Å². The lowest BCUT2D eigenvalue weighted by molar-refractivity contribution is 0.0922. The molecule has 2 heterocycles. The second-order valence-electron chi connectivity index (χ2n) is 15.7. The number of benzene rings is 5. The van der Waals surface area contributed by atoms with Crippen molar-refractivity contribution in [2.24, 2.45) is 0 Å². The highest BCUT2D eigenvalue weighted by atomic mass is 32.2. The summed E-state index contributed by atoms with van der Waals surface area (Å²) >= 11 is 0.